The summed E-state index contributed by atoms with van der Waals surface area (Å²) in [6, 6.07) is 1.04. The number of hydrogen-bond donors (Lipinski definition) is 4. The average Bonchev–Trinajstić information content (AvgIpc) is 2.19. The van der Waals surface area contributed by atoms with Gasteiger partial charge in [0.15, 0.2) is 0 Å². The molecule has 0 aromatic carbocycles. The Labute approximate surface area is 86.0 Å². The number of anilines is 1. The van der Waals surface area contributed by atoms with Crippen molar-refractivity contribution in [2.24, 2.45) is 0 Å². The monoisotopic (exact) mass is 218 g/mol. The van der Waals surface area contributed by atoms with Crippen molar-refractivity contribution in [1.82, 2.24) is 4.98 Å². The highest BCUT2D eigenvalue weighted by Crippen LogP contribution is 2.22. The molecule has 2 atom stereocenters. The molecule has 4 nitrogen and oxygen atoms in total. The molecule has 0 aliphatic carbocycles. The molecular formula is C8H11FN2O2S. The van der Waals surface area contributed by atoms with Crippen LogP contribution in [-0.4, -0.2) is 27.1 Å². The van der Waals surface area contributed by atoms with Gasteiger partial charge in [0.25, 0.3) is 0 Å². The van der Waals surface area contributed by atoms with Gasteiger partial charge < -0.3 is 15.9 Å². The van der Waals surface area contributed by atoms with Crippen LogP contribution in [0, 0.1) is 5.82 Å². The number of rotatable bonds is 3. The topological polar surface area (TPSA) is 79.4 Å². The van der Waals surface area contributed by atoms with E-state index in [0.717, 1.165) is 12.3 Å². The van der Waals surface area contributed by atoms with Gasteiger partial charge in [-0.25, -0.2) is 9.37 Å². The molecule has 4 N–H and O–H groups in total. The molecule has 0 bridgehead atoms. The molecule has 14 heavy (non-hydrogen) atoms. The summed E-state index contributed by atoms with van der Waals surface area (Å²) in [4.78, 5) is 3.52. The molecule has 0 aliphatic heterocycles. The Bertz CT molecular complexity index is 324. The number of nitrogen functional groups attached to an aromatic ring is 1. The van der Waals surface area contributed by atoms with Crippen molar-refractivity contribution in [1.29, 1.82) is 0 Å². The number of nitrogens with zero attached hydrogens (tertiary/aromatic N) is 1. The number of aliphatic hydroxyl groups is 2. The summed E-state index contributed by atoms with van der Waals surface area (Å²) in [7, 11) is 0. The Morgan fingerprint density at radius 1 is 1.57 bits per heavy atom. The largest absolute Gasteiger partial charge is 0.389 e. The molecule has 78 valence electrons. The van der Waals surface area contributed by atoms with Crippen LogP contribution in [0.2, 0.25) is 0 Å². The van der Waals surface area contributed by atoms with Crippen LogP contribution in [0.3, 0.4) is 0 Å². The van der Waals surface area contributed by atoms with Gasteiger partial charge in [0.05, 0.1) is 12.3 Å². The van der Waals surface area contributed by atoms with Crippen LogP contribution < -0.4 is 5.73 Å². The van der Waals surface area contributed by atoms with Crippen molar-refractivity contribution < 1.29 is 14.6 Å². The first-order valence-electron chi connectivity index (χ1n) is 3.94. The standard InChI is InChI=1S/C8H11FN2O2S/c9-4-1-5(8(10)11-2-4)7(13)6(12)3-14/h1-2,6-7,12-14H,3H2,(H2,10,11). The van der Waals surface area contributed by atoms with Gasteiger partial charge in [-0.3, -0.25) is 0 Å². The minimum absolute atomic E-state index is 0.000247. The highest BCUT2D eigenvalue weighted by Gasteiger charge is 2.20. The van der Waals surface area contributed by atoms with Gasteiger partial charge in [0.1, 0.15) is 17.7 Å². The lowest BCUT2D eigenvalue weighted by Gasteiger charge is -2.17. The summed E-state index contributed by atoms with van der Waals surface area (Å²) in [5.41, 5.74) is 5.48. The maximum Gasteiger partial charge on any atom is 0.142 e. The molecule has 1 aromatic rings. The van der Waals surface area contributed by atoms with Crippen molar-refractivity contribution in [2.45, 2.75) is 12.2 Å². The minimum Gasteiger partial charge on any atom is -0.389 e. The third-order valence-corrected chi connectivity index (χ3v) is 2.16. The molecule has 0 spiro atoms. The quantitative estimate of drug-likeness (QED) is 0.544. The highest BCUT2D eigenvalue weighted by molar-refractivity contribution is 7.80. The first-order valence-corrected chi connectivity index (χ1v) is 4.57. The molecule has 6 heteroatoms. The fraction of sp³-hybridized carbons (Fsp3) is 0.375. The summed E-state index contributed by atoms with van der Waals surface area (Å²) in [5.74, 6) is -0.559. The van der Waals surface area contributed by atoms with Gasteiger partial charge in [0.2, 0.25) is 0 Å². The van der Waals surface area contributed by atoms with Crippen LogP contribution in [0.25, 0.3) is 0 Å². The summed E-state index contributed by atoms with van der Waals surface area (Å²) >= 11 is 3.80. The second-order valence-corrected chi connectivity index (χ2v) is 3.19. The van der Waals surface area contributed by atoms with Crippen molar-refractivity contribution in [3.8, 4) is 0 Å². The fourth-order valence-electron chi connectivity index (χ4n) is 1.01. The predicted octanol–water partition coefficient (Wildman–Crippen LogP) is 0.127. The maximum absolute atomic E-state index is 12.7. The van der Waals surface area contributed by atoms with Gasteiger partial charge in [0, 0.05) is 11.3 Å². The number of halogens is 1. The van der Waals surface area contributed by atoms with Gasteiger partial charge in [-0.05, 0) is 6.07 Å². The number of pyridine rings is 1. The Balaban J connectivity index is 2.99. The van der Waals surface area contributed by atoms with Gasteiger partial charge >= 0.3 is 0 Å². The number of thiol groups is 1. The van der Waals surface area contributed by atoms with Gasteiger partial charge in [-0.15, -0.1) is 0 Å². The molecule has 1 heterocycles. The molecule has 0 aliphatic rings. The molecular weight excluding hydrogens is 207 g/mol. The van der Waals surface area contributed by atoms with E-state index >= 15 is 0 Å². The summed E-state index contributed by atoms with van der Waals surface area (Å²) < 4.78 is 12.7. The van der Waals surface area contributed by atoms with E-state index in [0.29, 0.717) is 0 Å². The smallest absolute Gasteiger partial charge is 0.142 e. The lowest BCUT2D eigenvalue weighted by atomic mass is 10.1. The minimum atomic E-state index is -1.27. The van der Waals surface area contributed by atoms with Crippen molar-refractivity contribution in [2.75, 3.05) is 11.5 Å². The Hall–Kier alpha value is -0.850. The van der Waals surface area contributed by atoms with E-state index in [2.05, 4.69) is 17.6 Å². The van der Waals surface area contributed by atoms with Crippen LogP contribution in [0.5, 0.6) is 0 Å². The third kappa shape index (κ3) is 2.34. The van der Waals surface area contributed by atoms with Gasteiger partial charge in [-0.2, -0.15) is 12.6 Å². The molecule has 0 radical (unpaired) electrons. The van der Waals surface area contributed by atoms with Crippen LogP contribution in [-0.2, 0) is 0 Å². The van der Waals surface area contributed by atoms with Crippen molar-refractivity contribution in [3.63, 3.8) is 0 Å². The van der Waals surface area contributed by atoms with Crippen molar-refractivity contribution in [3.05, 3.63) is 23.6 Å². The Morgan fingerprint density at radius 3 is 2.79 bits per heavy atom. The normalized spacial score (nSPS) is 15.1. The van der Waals surface area contributed by atoms with E-state index in [1.165, 1.54) is 0 Å². The molecule has 0 saturated carbocycles. The molecule has 2 unspecified atom stereocenters. The second kappa shape index (κ2) is 4.59. The molecule has 0 fully saturated rings. The molecule has 1 rings (SSSR count). The van der Waals surface area contributed by atoms with E-state index in [-0.39, 0.29) is 17.1 Å². The second-order valence-electron chi connectivity index (χ2n) is 2.82. The zero-order valence-electron chi connectivity index (χ0n) is 7.26. The SMILES string of the molecule is Nc1ncc(F)cc1C(O)C(O)CS. The number of nitrogens with two attached hydrogens (primary N) is 1. The van der Waals surface area contributed by atoms with Crippen LogP contribution in [0.1, 0.15) is 11.7 Å². The summed E-state index contributed by atoms with van der Waals surface area (Å²) in [6.45, 7) is 0. The average molecular weight is 218 g/mol. The number of aromatic nitrogens is 1. The van der Waals surface area contributed by atoms with Crippen LogP contribution in [0.4, 0.5) is 10.2 Å². The van der Waals surface area contributed by atoms with Gasteiger partial charge in [-0.1, -0.05) is 0 Å². The zero-order chi connectivity index (χ0) is 10.7. The first-order chi connectivity index (χ1) is 6.56. The van der Waals surface area contributed by atoms with E-state index in [1.54, 1.807) is 0 Å². The highest BCUT2D eigenvalue weighted by atomic mass is 32.1. The maximum atomic E-state index is 12.7. The predicted molar refractivity (Wildman–Crippen MR) is 53.4 cm³/mol. The van der Waals surface area contributed by atoms with Crippen LogP contribution >= 0.6 is 12.6 Å². The molecule has 1 aromatic heterocycles. The van der Waals surface area contributed by atoms with Crippen LogP contribution in [0.15, 0.2) is 12.3 Å². The third-order valence-electron chi connectivity index (χ3n) is 1.79. The van der Waals surface area contributed by atoms with Crippen molar-refractivity contribution >= 4 is 18.4 Å². The van der Waals surface area contributed by atoms with E-state index < -0.39 is 18.0 Å². The van der Waals surface area contributed by atoms with E-state index in [1.807, 2.05) is 0 Å². The lowest BCUT2D eigenvalue weighted by molar-refractivity contribution is 0.0338. The first kappa shape index (κ1) is 11.2. The lowest BCUT2D eigenvalue weighted by Crippen LogP contribution is -2.21. The number of aliphatic hydroxyl groups excluding tert-OH is 2. The Kier molecular flexibility index (Phi) is 3.68. The summed E-state index contributed by atoms with van der Waals surface area (Å²) in [5, 5.41) is 18.8. The molecule has 0 amide bonds. The van der Waals surface area contributed by atoms with E-state index in [9.17, 15) is 14.6 Å². The van der Waals surface area contributed by atoms with E-state index in [4.69, 9.17) is 5.73 Å². The molecule has 0 saturated heterocycles. The summed E-state index contributed by atoms with van der Waals surface area (Å²) in [6.07, 6.45) is -1.42. The zero-order valence-corrected chi connectivity index (χ0v) is 8.16. The fourth-order valence-corrected chi connectivity index (χ4v) is 1.21. The number of hydrogen-bond acceptors (Lipinski definition) is 5. The Morgan fingerprint density at radius 2 is 2.21 bits per heavy atom.